The number of aliphatic hydroxyl groups excluding tert-OH is 1. The highest BCUT2D eigenvalue weighted by molar-refractivity contribution is 5.82. The molecule has 0 saturated carbocycles. The summed E-state index contributed by atoms with van der Waals surface area (Å²) in [5.41, 5.74) is 2.05. The predicted molar refractivity (Wildman–Crippen MR) is 144 cm³/mol. The standard InChI is InChI=1S/C31H47N2O/c1-3-5-6-7-8-9-10-11-12-15-21-33-22-19-26(25(4-2)24-33)23-30(33)31(34)28-18-20-32-29-17-14-13-16-27(28)29/h4,13-14,16-18,20,25-26,30-31,34H,2-3,5-12,15,19,21-24H2,1H3/q+1/t25-,26-,30+,31-,33-/m0/s1. The Morgan fingerprint density at radius 3 is 2.47 bits per heavy atom. The highest BCUT2D eigenvalue weighted by Gasteiger charge is 2.53. The van der Waals surface area contributed by atoms with Gasteiger partial charge < -0.3 is 9.59 Å². The fourth-order valence-corrected chi connectivity index (χ4v) is 6.99. The van der Waals surface area contributed by atoms with E-state index in [1.165, 1.54) is 83.7 Å². The molecule has 0 unspecified atom stereocenters. The van der Waals surface area contributed by atoms with Crippen molar-refractivity contribution in [3.8, 4) is 0 Å². The first kappa shape index (κ1) is 25.4. The zero-order valence-corrected chi connectivity index (χ0v) is 21.5. The number of benzene rings is 1. The Balaban J connectivity index is 1.38. The summed E-state index contributed by atoms with van der Waals surface area (Å²) in [4.78, 5) is 4.54. The van der Waals surface area contributed by atoms with Gasteiger partial charge >= 0.3 is 0 Å². The van der Waals surface area contributed by atoms with Gasteiger partial charge in [0.25, 0.3) is 0 Å². The Labute approximate surface area is 207 Å². The van der Waals surface area contributed by atoms with E-state index in [-0.39, 0.29) is 0 Å². The monoisotopic (exact) mass is 463 g/mol. The van der Waals surface area contributed by atoms with Crippen LogP contribution < -0.4 is 0 Å². The summed E-state index contributed by atoms with van der Waals surface area (Å²) in [7, 11) is 0. The van der Waals surface area contributed by atoms with E-state index in [4.69, 9.17) is 0 Å². The largest absolute Gasteiger partial charge is 0.382 e. The van der Waals surface area contributed by atoms with E-state index >= 15 is 0 Å². The van der Waals surface area contributed by atoms with Crippen LogP contribution in [0.15, 0.2) is 49.2 Å². The lowest BCUT2D eigenvalue weighted by atomic mass is 9.71. The molecular weight excluding hydrogens is 416 g/mol. The average molecular weight is 464 g/mol. The SMILES string of the molecule is C=C[C@H]1C[N@+]2(CCCCCCCCCCCC)CC[C@H]1C[C@@H]2[C@@H](O)c1ccnc2ccccc12. The minimum absolute atomic E-state index is 0.291. The number of aliphatic hydroxyl groups is 1. The summed E-state index contributed by atoms with van der Waals surface area (Å²) in [6.07, 6.45) is 19.8. The van der Waals surface area contributed by atoms with Gasteiger partial charge in [0.05, 0.1) is 25.2 Å². The first-order valence-corrected chi connectivity index (χ1v) is 14.2. The van der Waals surface area contributed by atoms with Crippen LogP contribution in [-0.4, -0.2) is 40.2 Å². The van der Waals surface area contributed by atoms with Gasteiger partial charge in [-0.1, -0.05) is 82.6 Å². The number of unbranched alkanes of at least 4 members (excludes halogenated alkanes) is 9. The number of aromatic nitrogens is 1. The van der Waals surface area contributed by atoms with Crippen molar-refractivity contribution in [2.24, 2.45) is 11.8 Å². The summed E-state index contributed by atoms with van der Waals surface area (Å²) in [5.74, 6) is 1.28. The van der Waals surface area contributed by atoms with Crippen molar-refractivity contribution in [3.05, 3.63) is 54.7 Å². The lowest BCUT2D eigenvalue weighted by molar-refractivity contribution is -0.973. The second-order valence-corrected chi connectivity index (χ2v) is 11.1. The quantitative estimate of drug-likeness (QED) is 0.178. The lowest BCUT2D eigenvalue weighted by Crippen LogP contribution is -2.68. The molecule has 5 atom stereocenters. The maximum atomic E-state index is 11.8. The molecule has 4 heterocycles. The van der Waals surface area contributed by atoms with Gasteiger partial charge in [0, 0.05) is 30.3 Å². The fourth-order valence-electron chi connectivity index (χ4n) is 6.99. The van der Waals surface area contributed by atoms with Crippen molar-refractivity contribution in [1.29, 1.82) is 0 Å². The smallest absolute Gasteiger partial charge is 0.131 e. The van der Waals surface area contributed by atoms with Crippen LogP contribution in [0.25, 0.3) is 10.9 Å². The highest BCUT2D eigenvalue weighted by Crippen LogP contribution is 2.47. The molecule has 0 radical (unpaired) electrons. The molecule has 3 aliphatic rings. The molecule has 186 valence electrons. The van der Waals surface area contributed by atoms with E-state index in [0.29, 0.717) is 17.9 Å². The van der Waals surface area contributed by atoms with E-state index in [9.17, 15) is 5.11 Å². The molecule has 3 saturated heterocycles. The van der Waals surface area contributed by atoms with E-state index in [0.717, 1.165) is 33.9 Å². The van der Waals surface area contributed by atoms with Crippen molar-refractivity contribution in [1.82, 2.24) is 4.98 Å². The third-order valence-corrected chi connectivity index (χ3v) is 9.00. The molecule has 0 aliphatic carbocycles. The number of piperidine rings is 3. The van der Waals surface area contributed by atoms with Gasteiger partial charge in [-0.3, -0.25) is 4.98 Å². The van der Waals surface area contributed by atoms with E-state index < -0.39 is 6.10 Å². The molecule has 2 aromatic rings. The molecular formula is C31H47N2O+. The minimum atomic E-state index is -0.426. The fraction of sp³-hybridized carbons (Fsp3) is 0.645. The lowest BCUT2D eigenvalue weighted by Gasteiger charge is -2.58. The van der Waals surface area contributed by atoms with Gasteiger partial charge in [-0.2, -0.15) is 0 Å². The topological polar surface area (TPSA) is 33.1 Å². The Hall–Kier alpha value is -1.71. The number of para-hydroxylation sites is 1. The van der Waals surface area contributed by atoms with Crippen molar-refractivity contribution >= 4 is 10.9 Å². The van der Waals surface area contributed by atoms with Crippen LogP contribution in [0.3, 0.4) is 0 Å². The predicted octanol–water partition coefficient (Wildman–Crippen LogP) is 7.60. The average Bonchev–Trinajstić information content (AvgIpc) is 2.89. The van der Waals surface area contributed by atoms with Gasteiger partial charge in [0.15, 0.2) is 0 Å². The summed E-state index contributed by atoms with van der Waals surface area (Å²) < 4.78 is 1.09. The van der Waals surface area contributed by atoms with Crippen molar-refractivity contribution < 1.29 is 9.59 Å². The summed E-state index contributed by atoms with van der Waals surface area (Å²) in [6, 6.07) is 10.6. The highest BCUT2D eigenvalue weighted by atomic mass is 16.3. The number of hydrogen-bond acceptors (Lipinski definition) is 2. The van der Waals surface area contributed by atoms with E-state index in [1.54, 1.807) is 0 Å². The van der Waals surface area contributed by atoms with Crippen LogP contribution in [-0.2, 0) is 0 Å². The molecule has 34 heavy (non-hydrogen) atoms. The third-order valence-electron chi connectivity index (χ3n) is 9.00. The summed E-state index contributed by atoms with van der Waals surface area (Å²) in [6.45, 7) is 10.1. The van der Waals surface area contributed by atoms with E-state index in [1.807, 2.05) is 12.3 Å². The van der Waals surface area contributed by atoms with Crippen molar-refractivity contribution in [2.45, 2.75) is 96.1 Å². The van der Waals surface area contributed by atoms with Crippen molar-refractivity contribution in [3.63, 3.8) is 0 Å². The molecule has 1 N–H and O–H groups in total. The van der Waals surface area contributed by atoms with Crippen LogP contribution in [0.1, 0.15) is 95.6 Å². The number of rotatable bonds is 14. The molecule has 3 fully saturated rings. The molecule has 3 nitrogen and oxygen atoms in total. The number of quaternary nitrogens is 1. The molecule has 1 aromatic carbocycles. The molecule has 0 spiro atoms. The second kappa shape index (κ2) is 12.3. The minimum Gasteiger partial charge on any atom is -0.382 e. The summed E-state index contributed by atoms with van der Waals surface area (Å²) in [5, 5.41) is 12.9. The Morgan fingerprint density at radius 1 is 1.03 bits per heavy atom. The first-order chi connectivity index (χ1) is 16.7. The van der Waals surface area contributed by atoms with Crippen LogP contribution >= 0.6 is 0 Å². The second-order valence-electron chi connectivity index (χ2n) is 11.1. The molecule has 5 rings (SSSR count). The third kappa shape index (κ3) is 5.74. The number of hydrogen-bond donors (Lipinski definition) is 1. The maximum Gasteiger partial charge on any atom is 0.131 e. The number of fused-ring (bicyclic) bond motifs is 4. The Kier molecular flexibility index (Phi) is 9.19. The first-order valence-electron chi connectivity index (χ1n) is 14.2. The normalized spacial score (nSPS) is 27.2. The zero-order chi connectivity index (χ0) is 23.8. The van der Waals surface area contributed by atoms with Crippen LogP contribution in [0, 0.1) is 11.8 Å². The number of nitrogens with zero attached hydrogens (tertiary/aromatic N) is 2. The molecule has 2 bridgehead atoms. The van der Waals surface area contributed by atoms with Crippen LogP contribution in [0.5, 0.6) is 0 Å². The Morgan fingerprint density at radius 2 is 1.74 bits per heavy atom. The summed E-state index contributed by atoms with van der Waals surface area (Å²) >= 11 is 0. The van der Waals surface area contributed by atoms with E-state index in [2.05, 4.69) is 48.8 Å². The van der Waals surface area contributed by atoms with Gasteiger partial charge in [-0.25, -0.2) is 0 Å². The van der Waals surface area contributed by atoms with Gasteiger partial charge in [-0.15, -0.1) is 6.58 Å². The molecule has 3 heteroatoms. The zero-order valence-electron chi connectivity index (χ0n) is 21.5. The maximum absolute atomic E-state index is 11.8. The van der Waals surface area contributed by atoms with Crippen molar-refractivity contribution in [2.75, 3.05) is 19.6 Å². The van der Waals surface area contributed by atoms with Crippen LogP contribution in [0.2, 0.25) is 0 Å². The molecule has 0 amide bonds. The van der Waals surface area contributed by atoms with Gasteiger partial charge in [0.1, 0.15) is 12.1 Å². The Bertz CT molecular complexity index is 906. The number of pyridine rings is 1. The van der Waals surface area contributed by atoms with Gasteiger partial charge in [0.2, 0.25) is 0 Å². The van der Waals surface area contributed by atoms with Gasteiger partial charge in [-0.05, 0) is 36.5 Å². The molecule has 3 aliphatic heterocycles. The van der Waals surface area contributed by atoms with Crippen LogP contribution in [0.4, 0.5) is 0 Å². The molecule has 1 aromatic heterocycles.